The maximum Gasteiger partial charge on any atom is 0.266 e. The van der Waals surface area contributed by atoms with Crippen LogP contribution in [0, 0.1) is 11.3 Å². The van der Waals surface area contributed by atoms with Crippen LogP contribution in [0.15, 0.2) is 48.0 Å². The van der Waals surface area contributed by atoms with Gasteiger partial charge in [-0.2, -0.15) is 5.26 Å². The van der Waals surface area contributed by atoms with E-state index in [4.69, 9.17) is 21.1 Å². The number of nitrogens with zero attached hydrogens (tertiary/aromatic N) is 1. The van der Waals surface area contributed by atoms with E-state index in [1.165, 1.54) is 6.08 Å². The van der Waals surface area contributed by atoms with Crippen LogP contribution in [0.2, 0.25) is 5.02 Å². The van der Waals surface area contributed by atoms with E-state index in [1.807, 2.05) is 6.07 Å². The molecule has 5 nitrogen and oxygen atoms in total. The molecule has 1 aliphatic rings. The number of ether oxygens (including phenoxy) is 2. The fourth-order valence-corrected chi connectivity index (χ4v) is 2.43. The van der Waals surface area contributed by atoms with Crippen LogP contribution in [-0.2, 0) is 4.79 Å². The van der Waals surface area contributed by atoms with E-state index in [0.717, 1.165) is 0 Å². The van der Waals surface area contributed by atoms with Crippen LogP contribution >= 0.6 is 11.6 Å². The van der Waals surface area contributed by atoms with Gasteiger partial charge >= 0.3 is 0 Å². The van der Waals surface area contributed by atoms with Crippen molar-refractivity contribution in [3.63, 3.8) is 0 Å². The monoisotopic (exact) mass is 340 g/mol. The molecule has 120 valence electrons. The largest absolute Gasteiger partial charge is 0.486 e. The van der Waals surface area contributed by atoms with Crippen molar-refractivity contribution < 1.29 is 14.3 Å². The van der Waals surface area contributed by atoms with Crippen molar-refractivity contribution in [3.8, 4) is 17.6 Å². The maximum absolute atomic E-state index is 12.3. The standard InChI is InChI=1S/C18H13ClN2O3/c19-14-3-1-2-12(9-14)8-13(11-20)18(22)21-15-4-5-16-17(10-15)24-7-6-23-16/h1-5,8-10H,6-7H2,(H,21,22)/b13-8-. The molecule has 2 aromatic rings. The molecule has 0 fully saturated rings. The highest BCUT2D eigenvalue weighted by atomic mass is 35.5. The first-order valence-electron chi connectivity index (χ1n) is 7.24. The lowest BCUT2D eigenvalue weighted by Gasteiger charge is -2.18. The zero-order chi connectivity index (χ0) is 16.9. The number of carbonyl (C=O) groups is 1. The number of rotatable bonds is 3. The number of hydrogen-bond donors (Lipinski definition) is 1. The van der Waals surface area contributed by atoms with E-state index in [2.05, 4.69) is 5.32 Å². The molecule has 1 amide bonds. The second-order valence-corrected chi connectivity index (χ2v) is 5.47. The molecule has 0 atom stereocenters. The number of hydrogen-bond acceptors (Lipinski definition) is 4. The fourth-order valence-electron chi connectivity index (χ4n) is 2.23. The van der Waals surface area contributed by atoms with Gasteiger partial charge in [0.2, 0.25) is 0 Å². The third kappa shape index (κ3) is 3.67. The lowest BCUT2D eigenvalue weighted by atomic mass is 10.1. The quantitative estimate of drug-likeness (QED) is 0.683. The lowest BCUT2D eigenvalue weighted by Crippen LogP contribution is -2.17. The van der Waals surface area contributed by atoms with Gasteiger partial charge in [0.15, 0.2) is 11.5 Å². The first-order valence-corrected chi connectivity index (χ1v) is 7.62. The van der Waals surface area contributed by atoms with Crippen molar-refractivity contribution in [2.75, 3.05) is 18.5 Å². The first-order chi connectivity index (χ1) is 11.7. The molecule has 1 N–H and O–H groups in total. The molecule has 0 aromatic heterocycles. The van der Waals surface area contributed by atoms with Crippen LogP contribution in [-0.4, -0.2) is 19.1 Å². The Bertz CT molecular complexity index is 856. The number of nitrogens with one attached hydrogen (secondary N) is 1. The van der Waals surface area contributed by atoms with Crippen LogP contribution in [0.25, 0.3) is 6.08 Å². The minimum atomic E-state index is -0.505. The van der Waals surface area contributed by atoms with Gasteiger partial charge in [-0.25, -0.2) is 0 Å². The minimum Gasteiger partial charge on any atom is -0.486 e. The van der Waals surface area contributed by atoms with Gasteiger partial charge < -0.3 is 14.8 Å². The molecular formula is C18H13ClN2O3. The van der Waals surface area contributed by atoms with Crippen molar-refractivity contribution in [1.29, 1.82) is 5.26 Å². The molecule has 1 heterocycles. The Kier molecular flexibility index (Phi) is 4.69. The summed E-state index contributed by atoms with van der Waals surface area (Å²) < 4.78 is 10.9. The average Bonchev–Trinajstić information content (AvgIpc) is 2.59. The molecule has 1 aliphatic heterocycles. The smallest absolute Gasteiger partial charge is 0.266 e. The molecule has 2 aromatic carbocycles. The Morgan fingerprint density at radius 1 is 1.17 bits per heavy atom. The summed E-state index contributed by atoms with van der Waals surface area (Å²) in [6, 6.07) is 13.9. The van der Waals surface area contributed by atoms with Gasteiger partial charge in [0.1, 0.15) is 24.9 Å². The third-order valence-corrected chi connectivity index (χ3v) is 3.56. The Labute approximate surface area is 144 Å². The lowest BCUT2D eigenvalue weighted by molar-refractivity contribution is -0.112. The predicted molar refractivity (Wildman–Crippen MR) is 91.1 cm³/mol. The van der Waals surface area contributed by atoms with Crippen molar-refractivity contribution in [2.24, 2.45) is 0 Å². The Hall–Kier alpha value is -2.97. The van der Waals surface area contributed by atoms with Gasteiger partial charge in [-0.15, -0.1) is 0 Å². The molecule has 0 aliphatic carbocycles. The molecule has 0 saturated carbocycles. The number of anilines is 1. The summed E-state index contributed by atoms with van der Waals surface area (Å²) in [7, 11) is 0. The van der Waals surface area contributed by atoms with E-state index < -0.39 is 5.91 Å². The van der Waals surface area contributed by atoms with Gasteiger partial charge in [0, 0.05) is 16.8 Å². The van der Waals surface area contributed by atoms with Crippen molar-refractivity contribution in [3.05, 3.63) is 58.6 Å². The van der Waals surface area contributed by atoms with Gasteiger partial charge in [-0.1, -0.05) is 23.7 Å². The van der Waals surface area contributed by atoms with E-state index in [1.54, 1.807) is 42.5 Å². The van der Waals surface area contributed by atoms with Gasteiger partial charge in [-0.3, -0.25) is 4.79 Å². The number of fused-ring (bicyclic) bond motifs is 1. The van der Waals surface area contributed by atoms with Crippen molar-refractivity contribution in [2.45, 2.75) is 0 Å². The van der Waals surface area contributed by atoms with Crippen LogP contribution in [0.5, 0.6) is 11.5 Å². The molecule has 0 unspecified atom stereocenters. The summed E-state index contributed by atoms with van der Waals surface area (Å²) in [5.41, 5.74) is 1.18. The highest BCUT2D eigenvalue weighted by molar-refractivity contribution is 6.30. The average molecular weight is 341 g/mol. The molecule has 0 bridgehead atoms. The molecule has 0 radical (unpaired) electrons. The van der Waals surface area contributed by atoms with Crippen LogP contribution in [0.3, 0.4) is 0 Å². The SMILES string of the molecule is N#C/C(=C/c1cccc(Cl)c1)C(=O)Nc1ccc2c(c1)OCCO2. The number of benzene rings is 2. The number of amides is 1. The normalized spacial score (nSPS) is 13.1. The maximum atomic E-state index is 12.3. The zero-order valence-corrected chi connectivity index (χ0v) is 13.3. The second-order valence-electron chi connectivity index (χ2n) is 5.04. The summed E-state index contributed by atoms with van der Waals surface area (Å²) in [5.74, 6) is 0.694. The highest BCUT2D eigenvalue weighted by Gasteiger charge is 2.14. The molecule has 0 spiro atoms. The highest BCUT2D eigenvalue weighted by Crippen LogP contribution is 2.32. The van der Waals surface area contributed by atoms with E-state index in [-0.39, 0.29) is 5.57 Å². The summed E-state index contributed by atoms with van der Waals surface area (Å²) in [4.78, 5) is 12.3. The summed E-state index contributed by atoms with van der Waals surface area (Å²) in [5, 5.41) is 12.5. The molecule has 24 heavy (non-hydrogen) atoms. The van der Waals surface area contributed by atoms with Gasteiger partial charge in [0.25, 0.3) is 5.91 Å². The Morgan fingerprint density at radius 3 is 2.71 bits per heavy atom. The molecule has 3 rings (SSSR count). The first kappa shape index (κ1) is 15.9. The molecule has 0 saturated heterocycles. The Morgan fingerprint density at radius 2 is 1.96 bits per heavy atom. The van der Waals surface area contributed by atoms with Gasteiger partial charge in [0.05, 0.1) is 0 Å². The minimum absolute atomic E-state index is 0.0212. The number of halogens is 1. The second kappa shape index (κ2) is 7.07. The summed E-state index contributed by atoms with van der Waals surface area (Å²) in [6.45, 7) is 0.960. The van der Waals surface area contributed by atoms with Crippen molar-refractivity contribution in [1.82, 2.24) is 0 Å². The summed E-state index contributed by atoms with van der Waals surface area (Å²) >= 11 is 5.91. The predicted octanol–water partition coefficient (Wildman–Crippen LogP) is 3.66. The number of carbonyl (C=O) groups excluding carboxylic acids is 1. The van der Waals surface area contributed by atoms with Crippen LogP contribution in [0.1, 0.15) is 5.56 Å². The third-order valence-electron chi connectivity index (χ3n) is 3.32. The van der Waals surface area contributed by atoms with E-state index >= 15 is 0 Å². The molecular weight excluding hydrogens is 328 g/mol. The topological polar surface area (TPSA) is 71.4 Å². The van der Waals surface area contributed by atoms with Crippen LogP contribution < -0.4 is 14.8 Å². The van der Waals surface area contributed by atoms with E-state index in [0.29, 0.717) is 41.0 Å². The van der Waals surface area contributed by atoms with Gasteiger partial charge in [-0.05, 0) is 35.9 Å². The fraction of sp³-hybridized carbons (Fsp3) is 0.111. The van der Waals surface area contributed by atoms with Crippen molar-refractivity contribution >= 4 is 29.3 Å². The van der Waals surface area contributed by atoms with Crippen LogP contribution in [0.4, 0.5) is 5.69 Å². The molecule has 6 heteroatoms. The summed E-state index contributed by atoms with van der Waals surface area (Å²) in [6.07, 6.45) is 1.49. The number of nitriles is 1. The zero-order valence-electron chi connectivity index (χ0n) is 12.6. The van der Waals surface area contributed by atoms with E-state index in [9.17, 15) is 10.1 Å². The Balaban J connectivity index is 1.79.